The highest BCUT2D eigenvalue weighted by Crippen LogP contribution is 2.43. The van der Waals surface area contributed by atoms with Crippen LogP contribution in [-0.4, -0.2) is 6.04 Å². The van der Waals surface area contributed by atoms with Gasteiger partial charge >= 0.3 is 0 Å². The fourth-order valence-corrected chi connectivity index (χ4v) is 3.41. The van der Waals surface area contributed by atoms with Gasteiger partial charge < -0.3 is 5.73 Å². The first-order valence-corrected chi connectivity index (χ1v) is 7.29. The van der Waals surface area contributed by atoms with E-state index in [0.29, 0.717) is 17.4 Å². The maximum atomic E-state index is 6.38. The Morgan fingerprint density at radius 2 is 1.79 bits per heavy atom. The van der Waals surface area contributed by atoms with Crippen LogP contribution in [0.15, 0.2) is 42.5 Å². The summed E-state index contributed by atoms with van der Waals surface area (Å²) in [6, 6.07) is 15.7. The Morgan fingerprint density at radius 1 is 1.05 bits per heavy atom. The van der Waals surface area contributed by atoms with Gasteiger partial charge in [0.2, 0.25) is 0 Å². The number of hydrogen-bond acceptors (Lipinski definition) is 1. The smallest absolute Gasteiger partial charge is 0.0108 e. The van der Waals surface area contributed by atoms with Crippen molar-refractivity contribution in [2.24, 2.45) is 11.1 Å². The third-order valence-corrected chi connectivity index (χ3v) is 4.65. The van der Waals surface area contributed by atoms with Crippen molar-refractivity contribution in [3.63, 3.8) is 0 Å². The van der Waals surface area contributed by atoms with Crippen LogP contribution in [0.25, 0.3) is 10.8 Å². The number of fused-ring (bicyclic) bond motifs is 1. The summed E-state index contributed by atoms with van der Waals surface area (Å²) in [5.41, 5.74) is 8.21. The first kappa shape index (κ1) is 12.7. The third kappa shape index (κ3) is 2.52. The minimum Gasteiger partial charge on any atom is -0.327 e. The molecule has 2 atom stereocenters. The average molecular weight is 253 g/mol. The molecule has 1 fully saturated rings. The normalized spacial score (nSPS) is 26.5. The van der Waals surface area contributed by atoms with E-state index in [-0.39, 0.29) is 0 Å². The quantitative estimate of drug-likeness (QED) is 0.797. The molecule has 0 aliphatic heterocycles. The summed E-state index contributed by atoms with van der Waals surface area (Å²) in [6.45, 7) is 4.74. The van der Waals surface area contributed by atoms with Gasteiger partial charge in [0.05, 0.1) is 0 Å². The topological polar surface area (TPSA) is 26.0 Å². The van der Waals surface area contributed by atoms with Crippen molar-refractivity contribution in [2.45, 2.75) is 45.1 Å². The van der Waals surface area contributed by atoms with Crippen LogP contribution in [0.3, 0.4) is 0 Å². The molecule has 1 saturated carbocycles. The van der Waals surface area contributed by atoms with Crippen LogP contribution >= 0.6 is 0 Å². The molecule has 1 nitrogen and oxygen atoms in total. The molecule has 0 radical (unpaired) electrons. The summed E-state index contributed by atoms with van der Waals surface area (Å²) >= 11 is 0. The van der Waals surface area contributed by atoms with Crippen molar-refractivity contribution in [2.75, 3.05) is 0 Å². The van der Waals surface area contributed by atoms with Crippen molar-refractivity contribution in [3.05, 3.63) is 48.0 Å². The summed E-state index contributed by atoms with van der Waals surface area (Å²) in [7, 11) is 0. The minimum absolute atomic E-state index is 0.314. The van der Waals surface area contributed by atoms with Crippen LogP contribution in [0, 0.1) is 5.41 Å². The summed E-state index contributed by atoms with van der Waals surface area (Å²) < 4.78 is 0. The second-order valence-corrected chi connectivity index (χ2v) is 6.78. The van der Waals surface area contributed by atoms with Gasteiger partial charge in [-0.15, -0.1) is 0 Å². The largest absolute Gasteiger partial charge is 0.327 e. The molecule has 100 valence electrons. The van der Waals surface area contributed by atoms with E-state index < -0.39 is 0 Å². The zero-order valence-corrected chi connectivity index (χ0v) is 11.9. The molecule has 0 saturated heterocycles. The van der Waals surface area contributed by atoms with E-state index in [1.807, 2.05) is 0 Å². The number of hydrogen-bond donors (Lipinski definition) is 1. The van der Waals surface area contributed by atoms with E-state index in [1.54, 1.807) is 0 Å². The van der Waals surface area contributed by atoms with E-state index in [2.05, 4.69) is 56.3 Å². The van der Waals surface area contributed by atoms with Crippen molar-refractivity contribution in [3.8, 4) is 0 Å². The van der Waals surface area contributed by atoms with Gasteiger partial charge in [-0.3, -0.25) is 0 Å². The van der Waals surface area contributed by atoms with E-state index in [0.717, 1.165) is 6.42 Å². The van der Waals surface area contributed by atoms with E-state index in [9.17, 15) is 0 Å². The first-order valence-electron chi connectivity index (χ1n) is 7.29. The second-order valence-electron chi connectivity index (χ2n) is 6.78. The van der Waals surface area contributed by atoms with Gasteiger partial charge in [-0.05, 0) is 46.9 Å². The van der Waals surface area contributed by atoms with Crippen LogP contribution in [0.4, 0.5) is 0 Å². The molecule has 2 aromatic carbocycles. The van der Waals surface area contributed by atoms with E-state index in [4.69, 9.17) is 5.73 Å². The van der Waals surface area contributed by atoms with Gasteiger partial charge in [0.1, 0.15) is 0 Å². The summed E-state index contributed by atoms with van der Waals surface area (Å²) in [5.74, 6) is 0.508. The van der Waals surface area contributed by atoms with Gasteiger partial charge in [0.15, 0.2) is 0 Å². The van der Waals surface area contributed by atoms with Gasteiger partial charge in [-0.25, -0.2) is 0 Å². The Bertz CT molecular complexity index is 585. The van der Waals surface area contributed by atoms with Crippen LogP contribution in [0.2, 0.25) is 0 Å². The van der Waals surface area contributed by atoms with Gasteiger partial charge in [0, 0.05) is 6.04 Å². The lowest BCUT2D eigenvalue weighted by Gasteiger charge is -2.39. The van der Waals surface area contributed by atoms with Gasteiger partial charge in [-0.1, -0.05) is 56.3 Å². The molecule has 1 aliphatic rings. The Labute approximate surface area is 115 Å². The van der Waals surface area contributed by atoms with Crippen LogP contribution in [0.5, 0.6) is 0 Å². The molecule has 0 aromatic heterocycles. The van der Waals surface area contributed by atoms with Crippen molar-refractivity contribution >= 4 is 10.8 Å². The lowest BCUT2D eigenvalue weighted by atomic mass is 9.68. The number of benzene rings is 2. The van der Waals surface area contributed by atoms with Crippen molar-refractivity contribution in [1.82, 2.24) is 0 Å². The molecule has 0 amide bonds. The Kier molecular flexibility index (Phi) is 3.10. The Balaban J connectivity index is 1.98. The number of rotatable bonds is 1. The standard InChI is InChI=1S/C18H23N/c1-18(2)10-9-17(19)16(12-18)15-8-7-13-5-3-4-6-14(13)11-15/h3-8,11,16-17H,9-10,12,19H2,1-2H3. The fourth-order valence-electron chi connectivity index (χ4n) is 3.41. The average Bonchev–Trinajstić information content (AvgIpc) is 2.41. The molecule has 0 bridgehead atoms. The molecule has 2 unspecified atom stereocenters. The molecule has 1 aliphatic carbocycles. The molecule has 1 heteroatoms. The zero-order chi connectivity index (χ0) is 13.5. The summed E-state index contributed by atoms with van der Waals surface area (Å²) in [6.07, 6.45) is 3.59. The predicted octanol–water partition coefficient (Wildman–Crippen LogP) is 4.46. The van der Waals surface area contributed by atoms with Crippen LogP contribution in [0.1, 0.15) is 44.6 Å². The highest BCUT2D eigenvalue weighted by Gasteiger charge is 2.33. The molecule has 0 heterocycles. The number of nitrogens with two attached hydrogens (primary N) is 1. The Morgan fingerprint density at radius 3 is 2.58 bits per heavy atom. The summed E-state index contributed by atoms with van der Waals surface area (Å²) in [4.78, 5) is 0. The highest BCUT2D eigenvalue weighted by atomic mass is 14.7. The highest BCUT2D eigenvalue weighted by molar-refractivity contribution is 5.83. The lowest BCUT2D eigenvalue weighted by molar-refractivity contribution is 0.199. The van der Waals surface area contributed by atoms with Crippen LogP contribution < -0.4 is 5.73 Å². The van der Waals surface area contributed by atoms with E-state index in [1.165, 1.54) is 29.2 Å². The zero-order valence-electron chi connectivity index (χ0n) is 11.9. The summed E-state index contributed by atoms with van der Waals surface area (Å²) in [5, 5.41) is 2.64. The fraction of sp³-hybridized carbons (Fsp3) is 0.444. The Hall–Kier alpha value is -1.34. The molecular weight excluding hydrogens is 230 g/mol. The molecule has 3 rings (SSSR count). The maximum Gasteiger partial charge on any atom is 0.0108 e. The monoisotopic (exact) mass is 253 g/mol. The molecular formula is C18H23N. The van der Waals surface area contributed by atoms with E-state index >= 15 is 0 Å². The molecule has 19 heavy (non-hydrogen) atoms. The first-order chi connectivity index (χ1) is 9.05. The third-order valence-electron chi connectivity index (χ3n) is 4.65. The minimum atomic E-state index is 0.314. The van der Waals surface area contributed by atoms with Crippen molar-refractivity contribution < 1.29 is 0 Å². The predicted molar refractivity (Wildman–Crippen MR) is 82.3 cm³/mol. The van der Waals surface area contributed by atoms with Gasteiger partial charge in [0.25, 0.3) is 0 Å². The van der Waals surface area contributed by atoms with Gasteiger partial charge in [-0.2, -0.15) is 0 Å². The lowest BCUT2D eigenvalue weighted by Crippen LogP contribution is -2.37. The molecule has 0 spiro atoms. The SMILES string of the molecule is CC1(C)CCC(N)C(c2ccc3ccccc3c2)C1. The molecule has 2 N–H and O–H groups in total. The second kappa shape index (κ2) is 4.64. The van der Waals surface area contributed by atoms with Crippen LogP contribution in [-0.2, 0) is 0 Å². The van der Waals surface area contributed by atoms with Crippen molar-refractivity contribution in [1.29, 1.82) is 0 Å². The maximum absolute atomic E-state index is 6.38. The molecule has 2 aromatic rings.